The summed E-state index contributed by atoms with van der Waals surface area (Å²) in [4.78, 5) is 13.8. The molecule has 0 spiro atoms. The summed E-state index contributed by atoms with van der Waals surface area (Å²) in [5.41, 5.74) is 22.7. The second-order valence-electron chi connectivity index (χ2n) is 15.7. The average molecular weight is 794 g/mol. The van der Waals surface area contributed by atoms with Gasteiger partial charge in [0.05, 0.1) is 17.1 Å². The van der Waals surface area contributed by atoms with Gasteiger partial charge in [-0.15, -0.1) is 0 Å². The van der Waals surface area contributed by atoms with Gasteiger partial charge in [0.2, 0.25) is 0 Å². The molecule has 0 amide bonds. The zero-order valence-electron chi connectivity index (χ0n) is 34.7. The molecule has 0 unspecified atom stereocenters. The molecule has 0 N–H and O–H groups in total. The van der Waals surface area contributed by atoms with E-state index in [2.05, 4.69) is 199 Å². The Bertz CT molecular complexity index is 2990. The summed E-state index contributed by atoms with van der Waals surface area (Å²) >= 11 is 0. The number of hydrogen-bond acceptors (Lipinski definition) is 3. The van der Waals surface area contributed by atoms with Crippen molar-refractivity contribution in [2.45, 2.75) is 13.8 Å². The zero-order chi connectivity index (χ0) is 41.8. The molecule has 0 saturated heterocycles. The first-order chi connectivity index (χ1) is 30.6. The standard InChI is InChI=1S/C59H43N3/c1-40-35-55(44-24-30-47(31-25-44)59-19-9-12-34-62-59)56(36-41(40)2)50-38-48(53-15-5-3-13-51(53)42-20-26-45(27-21-42)57-17-7-10-32-60-57)37-49(39-50)54-16-6-4-14-52(54)43-22-28-46(29-23-43)58-18-8-11-33-61-58/h3-39H,1-2H3. The van der Waals surface area contributed by atoms with Crippen LogP contribution in [0.15, 0.2) is 225 Å². The van der Waals surface area contributed by atoms with Crippen LogP contribution in [0.25, 0.3) is 101 Å². The summed E-state index contributed by atoms with van der Waals surface area (Å²) < 4.78 is 0. The van der Waals surface area contributed by atoms with Gasteiger partial charge in [0.15, 0.2) is 0 Å². The van der Waals surface area contributed by atoms with Crippen LogP contribution in [0.3, 0.4) is 0 Å². The van der Waals surface area contributed by atoms with E-state index in [1.807, 2.05) is 55.0 Å². The summed E-state index contributed by atoms with van der Waals surface area (Å²) in [7, 11) is 0. The molecule has 0 aliphatic rings. The number of aryl methyl sites for hydroxylation is 2. The maximum Gasteiger partial charge on any atom is 0.0701 e. The molecule has 3 aromatic heterocycles. The first-order valence-corrected chi connectivity index (χ1v) is 21.1. The third-order valence-corrected chi connectivity index (χ3v) is 11.8. The van der Waals surface area contributed by atoms with E-state index >= 15 is 0 Å². The first kappa shape index (κ1) is 38.2. The summed E-state index contributed by atoms with van der Waals surface area (Å²) in [5, 5.41) is 0. The van der Waals surface area contributed by atoms with Crippen LogP contribution in [0.5, 0.6) is 0 Å². The number of rotatable bonds is 9. The highest BCUT2D eigenvalue weighted by molar-refractivity contribution is 5.95. The fraction of sp³-hybridized carbons (Fsp3) is 0.0339. The predicted molar refractivity (Wildman–Crippen MR) is 258 cm³/mol. The molecule has 0 atom stereocenters. The number of pyridine rings is 3. The van der Waals surface area contributed by atoms with Crippen LogP contribution in [0.1, 0.15) is 11.1 Å². The van der Waals surface area contributed by atoms with Crippen LogP contribution in [0, 0.1) is 13.8 Å². The lowest BCUT2D eigenvalue weighted by Crippen LogP contribution is -1.94. The molecule has 0 fully saturated rings. The van der Waals surface area contributed by atoms with Gasteiger partial charge in [0, 0.05) is 35.3 Å². The smallest absolute Gasteiger partial charge is 0.0701 e. The normalized spacial score (nSPS) is 11.1. The van der Waals surface area contributed by atoms with E-state index in [0.29, 0.717) is 0 Å². The Kier molecular flexibility index (Phi) is 10.4. The quantitative estimate of drug-likeness (QED) is 0.146. The Labute approximate surface area is 363 Å². The highest BCUT2D eigenvalue weighted by Crippen LogP contribution is 2.43. The third-order valence-electron chi connectivity index (χ3n) is 11.8. The maximum atomic E-state index is 4.61. The molecule has 0 bridgehead atoms. The SMILES string of the molecule is Cc1cc(-c2ccc(-c3ccccn3)cc2)c(-c2cc(-c3ccccc3-c3ccc(-c4ccccn4)cc3)cc(-c3ccccc3-c3ccc(-c4ccccn4)cc3)c2)cc1C. The molecular weight excluding hydrogens is 751 g/mol. The van der Waals surface area contributed by atoms with E-state index in [0.717, 1.165) is 67.2 Å². The van der Waals surface area contributed by atoms with E-state index in [1.165, 1.54) is 44.5 Å². The Morgan fingerprint density at radius 2 is 0.484 bits per heavy atom. The third kappa shape index (κ3) is 7.76. The van der Waals surface area contributed by atoms with E-state index in [1.54, 1.807) is 0 Å². The van der Waals surface area contributed by atoms with Gasteiger partial charge >= 0.3 is 0 Å². The van der Waals surface area contributed by atoms with Crippen molar-refractivity contribution in [1.82, 2.24) is 15.0 Å². The van der Waals surface area contributed by atoms with Gasteiger partial charge in [-0.05, 0) is 146 Å². The van der Waals surface area contributed by atoms with Crippen LogP contribution in [0.4, 0.5) is 0 Å². The number of benzene rings is 7. The van der Waals surface area contributed by atoms with Crippen LogP contribution in [-0.4, -0.2) is 15.0 Å². The van der Waals surface area contributed by atoms with Crippen molar-refractivity contribution in [3.05, 3.63) is 236 Å². The minimum atomic E-state index is 0.963. The minimum absolute atomic E-state index is 0.963. The van der Waals surface area contributed by atoms with Gasteiger partial charge in [-0.1, -0.05) is 152 Å². The molecule has 0 aliphatic heterocycles. The summed E-state index contributed by atoms with van der Waals surface area (Å²) in [6, 6.07) is 73.9. The predicted octanol–water partition coefficient (Wildman–Crippen LogP) is 15.5. The molecule has 294 valence electrons. The highest BCUT2D eigenvalue weighted by atomic mass is 14.7. The Morgan fingerprint density at radius 1 is 0.226 bits per heavy atom. The monoisotopic (exact) mass is 793 g/mol. The molecule has 10 rings (SSSR count). The average Bonchev–Trinajstić information content (AvgIpc) is 3.35. The Hall–Kier alpha value is -8.01. The fourth-order valence-corrected chi connectivity index (χ4v) is 8.42. The van der Waals surface area contributed by atoms with Crippen molar-refractivity contribution >= 4 is 0 Å². The van der Waals surface area contributed by atoms with Gasteiger partial charge in [0.25, 0.3) is 0 Å². The fourth-order valence-electron chi connectivity index (χ4n) is 8.42. The molecule has 7 aromatic carbocycles. The van der Waals surface area contributed by atoms with Crippen molar-refractivity contribution in [2.75, 3.05) is 0 Å². The van der Waals surface area contributed by atoms with Gasteiger partial charge in [-0.3, -0.25) is 15.0 Å². The minimum Gasteiger partial charge on any atom is -0.256 e. The second-order valence-corrected chi connectivity index (χ2v) is 15.7. The van der Waals surface area contributed by atoms with Crippen molar-refractivity contribution in [3.8, 4) is 101 Å². The first-order valence-electron chi connectivity index (χ1n) is 21.1. The largest absolute Gasteiger partial charge is 0.256 e. The lowest BCUT2D eigenvalue weighted by atomic mass is 9.85. The zero-order valence-corrected chi connectivity index (χ0v) is 34.7. The molecule has 62 heavy (non-hydrogen) atoms. The van der Waals surface area contributed by atoms with Crippen molar-refractivity contribution in [3.63, 3.8) is 0 Å². The van der Waals surface area contributed by atoms with Gasteiger partial charge in [-0.25, -0.2) is 0 Å². The van der Waals surface area contributed by atoms with E-state index in [-0.39, 0.29) is 0 Å². The Balaban J connectivity index is 1.14. The number of nitrogens with zero attached hydrogens (tertiary/aromatic N) is 3. The summed E-state index contributed by atoms with van der Waals surface area (Å²) in [6.07, 6.45) is 5.54. The van der Waals surface area contributed by atoms with Crippen molar-refractivity contribution < 1.29 is 0 Å². The van der Waals surface area contributed by atoms with E-state index < -0.39 is 0 Å². The molecule has 0 radical (unpaired) electrons. The molecule has 10 aromatic rings. The number of aromatic nitrogens is 3. The molecule has 3 heterocycles. The maximum absolute atomic E-state index is 4.61. The molecule has 0 aliphatic carbocycles. The molecule has 3 nitrogen and oxygen atoms in total. The van der Waals surface area contributed by atoms with E-state index in [4.69, 9.17) is 0 Å². The van der Waals surface area contributed by atoms with Gasteiger partial charge < -0.3 is 0 Å². The van der Waals surface area contributed by atoms with Crippen LogP contribution in [0.2, 0.25) is 0 Å². The Morgan fingerprint density at radius 3 is 0.806 bits per heavy atom. The lowest BCUT2D eigenvalue weighted by molar-refractivity contribution is 1.32. The van der Waals surface area contributed by atoms with Crippen LogP contribution < -0.4 is 0 Å². The van der Waals surface area contributed by atoms with Crippen LogP contribution >= 0.6 is 0 Å². The van der Waals surface area contributed by atoms with Crippen molar-refractivity contribution in [1.29, 1.82) is 0 Å². The highest BCUT2D eigenvalue weighted by Gasteiger charge is 2.18. The van der Waals surface area contributed by atoms with Gasteiger partial charge in [0.1, 0.15) is 0 Å². The molecule has 0 saturated carbocycles. The van der Waals surface area contributed by atoms with E-state index in [9.17, 15) is 0 Å². The number of hydrogen-bond donors (Lipinski definition) is 0. The molecule has 3 heteroatoms. The topological polar surface area (TPSA) is 38.7 Å². The lowest BCUT2D eigenvalue weighted by Gasteiger charge is -2.19. The molecular formula is C59H43N3. The van der Waals surface area contributed by atoms with Crippen LogP contribution in [-0.2, 0) is 0 Å². The summed E-state index contributed by atoms with van der Waals surface area (Å²) in [6.45, 7) is 4.42. The second kappa shape index (κ2) is 16.9. The van der Waals surface area contributed by atoms with Crippen molar-refractivity contribution in [2.24, 2.45) is 0 Å². The van der Waals surface area contributed by atoms with Gasteiger partial charge in [-0.2, -0.15) is 0 Å². The summed E-state index contributed by atoms with van der Waals surface area (Å²) in [5.74, 6) is 0.